The van der Waals surface area contributed by atoms with E-state index in [-0.39, 0.29) is 0 Å². The van der Waals surface area contributed by atoms with E-state index < -0.39 is 0 Å². The van der Waals surface area contributed by atoms with Crippen LogP contribution in [0.25, 0.3) is 75.5 Å². The number of hydrogen-bond acceptors (Lipinski definition) is 3. The minimum atomic E-state index is 0.881. The van der Waals surface area contributed by atoms with Gasteiger partial charge >= 0.3 is 0 Å². The fourth-order valence-corrected chi connectivity index (χ4v) is 7.64. The van der Waals surface area contributed by atoms with Crippen molar-refractivity contribution in [2.24, 2.45) is 0 Å². The van der Waals surface area contributed by atoms with Gasteiger partial charge in [0.15, 0.2) is 0 Å². The van der Waals surface area contributed by atoms with E-state index in [0.717, 1.165) is 50.0 Å². The van der Waals surface area contributed by atoms with Crippen LogP contribution in [0.2, 0.25) is 0 Å². The number of thiophene rings is 1. The third-order valence-corrected chi connectivity index (χ3v) is 9.79. The predicted octanol–water partition coefficient (Wildman–Crippen LogP) is 12.7. The molecule has 0 atom stereocenters. The Bertz CT molecular complexity index is 2490. The number of furan rings is 1. The molecule has 45 heavy (non-hydrogen) atoms. The topological polar surface area (TPSA) is 25.2 Å². The molecule has 0 bridgehead atoms. The summed E-state index contributed by atoms with van der Waals surface area (Å²) in [5.41, 5.74) is 10.9. The van der Waals surface area contributed by atoms with Gasteiger partial charge in [-0.3, -0.25) is 0 Å². The van der Waals surface area contributed by atoms with Gasteiger partial charge < -0.3 is 9.73 Å². The first kappa shape index (κ1) is 25.8. The molecular weight excluding hydrogens is 567 g/mol. The van der Waals surface area contributed by atoms with Crippen molar-refractivity contribution in [1.82, 2.24) is 0 Å². The zero-order valence-corrected chi connectivity index (χ0v) is 25.1. The van der Waals surface area contributed by atoms with Crippen molar-refractivity contribution >= 4 is 64.8 Å². The zero-order valence-electron chi connectivity index (χ0n) is 24.3. The second-order valence-corrected chi connectivity index (χ2v) is 12.5. The summed E-state index contributed by atoms with van der Waals surface area (Å²) in [5, 5.41) is 8.54. The third kappa shape index (κ3) is 4.48. The van der Waals surface area contributed by atoms with E-state index in [0.29, 0.717) is 0 Å². The second kappa shape index (κ2) is 10.5. The second-order valence-electron chi connectivity index (χ2n) is 11.4. The summed E-state index contributed by atoms with van der Waals surface area (Å²) in [6.45, 7) is 0. The molecule has 2 heterocycles. The Hall–Kier alpha value is -5.64. The normalized spacial score (nSPS) is 11.6. The molecule has 2 aromatic heterocycles. The van der Waals surface area contributed by atoms with Crippen molar-refractivity contribution in [3.05, 3.63) is 158 Å². The van der Waals surface area contributed by atoms with Crippen LogP contribution in [0.1, 0.15) is 0 Å². The Morgan fingerprint density at radius 2 is 1.02 bits per heavy atom. The van der Waals surface area contributed by atoms with Crippen molar-refractivity contribution in [3.8, 4) is 33.4 Å². The number of benzene rings is 7. The van der Waals surface area contributed by atoms with E-state index in [1.807, 2.05) is 23.5 Å². The van der Waals surface area contributed by atoms with Crippen molar-refractivity contribution < 1.29 is 4.42 Å². The van der Waals surface area contributed by atoms with Crippen LogP contribution >= 0.6 is 11.3 Å². The zero-order chi connectivity index (χ0) is 29.7. The summed E-state index contributed by atoms with van der Waals surface area (Å²) in [7, 11) is 0. The Morgan fingerprint density at radius 3 is 1.71 bits per heavy atom. The number of anilines is 2. The Labute approximate surface area is 264 Å². The summed E-state index contributed by atoms with van der Waals surface area (Å²) in [5.74, 6) is 0. The van der Waals surface area contributed by atoms with Gasteiger partial charge in [0.05, 0.1) is 11.1 Å². The van der Waals surface area contributed by atoms with Gasteiger partial charge in [0.2, 0.25) is 0 Å². The van der Waals surface area contributed by atoms with Crippen LogP contribution in [0.3, 0.4) is 0 Å². The highest BCUT2D eigenvalue weighted by molar-refractivity contribution is 7.25. The van der Waals surface area contributed by atoms with Gasteiger partial charge in [-0.15, -0.1) is 11.3 Å². The smallest absolute Gasteiger partial charge is 0.145 e. The average Bonchev–Trinajstić information content (AvgIpc) is 3.67. The molecule has 0 amide bonds. The summed E-state index contributed by atoms with van der Waals surface area (Å²) < 4.78 is 9.26. The maximum absolute atomic E-state index is 6.70. The van der Waals surface area contributed by atoms with E-state index in [9.17, 15) is 0 Å². The quantitative estimate of drug-likeness (QED) is 0.215. The van der Waals surface area contributed by atoms with Crippen LogP contribution in [0.15, 0.2) is 162 Å². The molecule has 0 radical (unpaired) electrons. The maximum atomic E-state index is 6.70. The lowest BCUT2D eigenvalue weighted by Crippen LogP contribution is -1.91. The molecule has 0 aliphatic heterocycles. The Morgan fingerprint density at radius 1 is 0.444 bits per heavy atom. The van der Waals surface area contributed by atoms with Gasteiger partial charge in [0.25, 0.3) is 0 Å². The summed E-state index contributed by atoms with van der Waals surface area (Å²) in [6, 6.07) is 56.0. The molecule has 9 aromatic rings. The monoisotopic (exact) mass is 593 g/mol. The lowest BCUT2D eigenvalue weighted by molar-refractivity contribution is 0.670. The van der Waals surface area contributed by atoms with Crippen LogP contribution in [0, 0.1) is 0 Å². The highest BCUT2D eigenvalue weighted by Crippen LogP contribution is 2.43. The predicted molar refractivity (Wildman–Crippen MR) is 193 cm³/mol. The van der Waals surface area contributed by atoms with Crippen LogP contribution in [0.5, 0.6) is 0 Å². The maximum Gasteiger partial charge on any atom is 0.145 e. The molecular formula is C42H27NOS. The van der Waals surface area contributed by atoms with Crippen molar-refractivity contribution in [1.29, 1.82) is 0 Å². The Balaban J connectivity index is 1.16. The Kier molecular flexibility index (Phi) is 6.03. The largest absolute Gasteiger partial charge is 0.455 e. The summed E-state index contributed by atoms with van der Waals surface area (Å²) in [4.78, 5) is 0. The standard InChI is InChI=1S/C42H27NOS/c1-4-10-27(11-5-1)30-17-20-36-38(24-30)44-42-33(29-14-8-3-9-15-29)22-23-37(41(36)42)43-32-18-21-35-34-19-16-31(28-12-6-2-7-13-28)25-39(34)45-40(35)26-32/h1-26,43H. The molecule has 212 valence electrons. The van der Waals surface area contributed by atoms with Crippen molar-refractivity contribution in [2.75, 3.05) is 5.32 Å². The minimum absolute atomic E-state index is 0.881. The molecule has 9 rings (SSSR count). The first-order chi connectivity index (χ1) is 22.3. The van der Waals surface area contributed by atoms with E-state index in [2.05, 4.69) is 151 Å². The van der Waals surface area contributed by atoms with Gasteiger partial charge in [0, 0.05) is 36.8 Å². The van der Waals surface area contributed by atoms with Crippen molar-refractivity contribution in [3.63, 3.8) is 0 Å². The highest BCUT2D eigenvalue weighted by atomic mass is 32.1. The van der Waals surface area contributed by atoms with Gasteiger partial charge in [-0.05, 0) is 70.3 Å². The van der Waals surface area contributed by atoms with Gasteiger partial charge in [0.1, 0.15) is 11.2 Å². The minimum Gasteiger partial charge on any atom is -0.455 e. The van der Waals surface area contributed by atoms with Crippen LogP contribution in [-0.4, -0.2) is 0 Å². The van der Waals surface area contributed by atoms with Crippen LogP contribution < -0.4 is 5.32 Å². The lowest BCUT2D eigenvalue weighted by Gasteiger charge is -2.11. The molecule has 0 spiro atoms. The third-order valence-electron chi connectivity index (χ3n) is 8.67. The number of rotatable bonds is 5. The fourth-order valence-electron chi connectivity index (χ4n) is 6.46. The van der Waals surface area contributed by atoms with E-state index in [4.69, 9.17) is 4.42 Å². The summed E-state index contributed by atoms with van der Waals surface area (Å²) in [6.07, 6.45) is 0. The van der Waals surface area contributed by atoms with Crippen LogP contribution in [-0.2, 0) is 0 Å². The molecule has 3 heteroatoms. The molecule has 0 saturated carbocycles. The highest BCUT2D eigenvalue weighted by Gasteiger charge is 2.18. The van der Waals surface area contributed by atoms with E-state index >= 15 is 0 Å². The van der Waals surface area contributed by atoms with Crippen molar-refractivity contribution in [2.45, 2.75) is 0 Å². The molecule has 0 unspecified atom stereocenters. The number of hydrogen-bond donors (Lipinski definition) is 1. The fraction of sp³-hybridized carbons (Fsp3) is 0. The molecule has 1 N–H and O–H groups in total. The van der Waals surface area contributed by atoms with Crippen LogP contribution in [0.4, 0.5) is 11.4 Å². The molecule has 7 aromatic carbocycles. The first-order valence-corrected chi connectivity index (χ1v) is 16.0. The molecule has 0 aliphatic carbocycles. The molecule has 0 fully saturated rings. The summed E-state index contributed by atoms with van der Waals surface area (Å²) >= 11 is 1.84. The molecule has 2 nitrogen and oxygen atoms in total. The van der Waals surface area contributed by atoms with Gasteiger partial charge in [-0.1, -0.05) is 115 Å². The average molecular weight is 594 g/mol. The number of nitrogens with one attached hydrogen (secondary N) is 1. The van der Waals surface area contributed by atoms with E-state index in [1.54, 1.807) is 0 Å². The molecule has 0 aliphatic rings. The lowest BCUT2D eigenvalue weighted by atomic mass is 9.99. The van der Waals surface area contributed by atoms with Gasteiger partial charge in [-0.2, -0.15) is 0 Å². The van der Waals surface area contributed by atoms with E-state index in [1.165, 1.54) is 36.9 Å². The first-order valence-electron chi connectivity index (χ1n) is 15.2. The van der Waals surface area contributed by atoms with Gasteiger partial charge in [-0.25, -0.2) is 0 Å². The number of fused-ring (bicyclic) bond motifs is 6. The molecule has 0 saturated heterocycles. The SMILES string of the molecule is c1ccc(-c2ccc3c(c2)oc2c(-c4ccccc4)ccc(Nc4ccc5c(c4)sc4cc(-c6ccccc6)ccc45)c23)cc1.